The number of aromatic nitrogens is 1. The lowest BCUT2D eigenvalue weighted by atomic mass is 9.97. The van der Waals surface area contributed by atoms with Gasteiger partial charge in [-0.3, -0.25) is 0 Å². The van der Waals surface area contributed by atoms with E-state index < -0.39 is 5.82 Å². The maximum Gasteiger partial charge on any atom is 0.150 e. The lowest BCUT2D eigenvalue weighted by Crippen LogP contribution is -1.96. The van der Waals surface area contributed by atoms with Crippen molar-refractivity contribution < 1.29 is 9.13 Å². The van der Waals surface area contributed by atoms with Crippen LogP contribution >= 0.6 is 11.6 Å². The van der Waals surface area contributed by atoms with Gasteiger partial charge in [0.25, 0.3) is 0 Å². The van der Waals surface area contributed by atoms with E-state index in [0.717, 1.165) is 0 Å². The van der Waals surface area contributed by atoms with Gasteiger partial charge < -0.3 is 4.74 Å². The van der Waals surface area contributed by atoms with Gasteiger partial charge in [0, 0.05) is 16.5 Å². The topological polar surface area (TPSA) is 45.9 Å². The van der Waals surface area contributed by atoms with Gasteiger partial charge in [0.05, 0.1) is 7.11 Å². The Morgan fingerprint density at radius 1 is 1.18 bits per heavy atom. The molecule has 1 aromatic heterocycles. The first-order valence-electron chi connectivity index (χ1n) is 6.48. The summed E-state index contributed by atoms with van der Waals surface area (Å²) in [5.74, 6) is 0.170. The zero-order valence-corrected chi connectivity index (χ0v) is 12.4. The molecule has 108 valence electrons. The first-order valence-corrected chi connectivity index (χ1v) is 6.85. The molecule has 3 nitrogen and oxygen atoms in total. The number of rotatable bonds is 2. The molecule has 1 heterocycles. The Morgan fingerprint density at radius 3 is 2.64 bits per heavy atom. The SMILES string of the molecule is COc1ccc2c(Cl)nc(C#N)c(-c3ccccc3F)c2c1. The Labute approximate surface area is 131 Å². The Morgan fingerprint density at radius 2 is 1.95 bits per heavy atom. The quantitative estimate of drug-likeness (QED) is 0.651. The Hall–Kier alpha value is -2.64. The zero-order chi connectivity index (χ0) is 15.7. The van der Waals surface area contributed by atoms with E-state index in [2.05, 4.69) is 4.98 Å². The first-order chi connectivity index (χ1) is 10.7. The van der Waals surface area contributed by atoms with E-state index in [1.807, 2.05) is 6.07 Å². The van der Waals surface area contributed by atoms with E-state index in [0.29, 0.717) is 27.6 Å². The van der Waals surface area contributed by atoms with Crippen molar-refractivity contribution in [2.75, 3.05) is 7.11 Å². The highest BCUT2D eigenvalue weighted by Gasteiger charge is 2.17. The summed E-state index contributed by atoms with van der Waals surface area (Å²) in [6.07, 6.45) is 0. The van der Waals surface area contributed by atoms with Gasteiger partial charge in [-0.1, -0.05) is 29.8 Å². The van der Waals surface area contributed by atoms with Crippen molar-refractivity contribution in [1.82, 2.24) is 4.98 Å². The highest BCUT2D eigenvalue weighted by molar-refractivity contribution is 6.35. The average molecular weight is 313 g/mol. The molecule has 0 unspecified atom stereocenters. The molecular formula is C17H10ClFN2O. The van der Waals surface area contributed by atoms with Crippen LogP contribution in [0.2, 0.25) is 5.15 Å². The van der Waals surface area contributed by atoms with Gasteiger partial charge in [-0.05, 0) is 29.7 Å². The summed E-state index contributed by atoms with van der Waals surface area (Å²) in [4.78, 5) is 4.09. The third kappa shape index (κ3) is 2.26. The van der Waals surface area contributed by atoms with Crippen molar-refractivity contribution in [1.29, 1.82) is 5.26 Å². The lowest BCUT2D eigenvalue weighted by molar-refractivity contribution is 0.415. The van der Waals surface area contributed by atoms with E-state index in [1.54, 1.807) is 36.4 Å². The van der Waals surface area contributed by atoms with Crippen LogP contribution in [0.1, 0.15) is 5.69 Å². The maximum absolute atomic E-state index is 14.2. The summed E-state index contributed by atoms with van der Waals surface area (Å²) in [5.41, 5.74) is 0.802. The van der Waals surface area contributed by atoms with Gasteiger partial charge in [-0.25, -0.2) is 9.37 Å². The number of methoxy groups -OCH3 is 1. The van der Waals surface area contributed by atoms with E-state index in [-0.39, 0.29) is 10.8 Å². The largest absolute Gasteiger partial charge is 0.497 e. The molecule has 3 rings (SSSR count). The molecule has 0 saturated heterocycles. The standard InChI is InChI=1S/C17H10ClFN2O/c1-22-10-6-7-11-13(8-10)16(15(9-20)21-17(11)18)12-4-2-3-5-14(12)19/h2-8H,1H3. The second kappa shape index (κ2) is 5.63. The fourth-order valence-electron chi connectivity index (χ4n) is 2.40. The predicted molar refractivity (Wildman–Crippen MR) is 83.4 cm³/mol. The number of nitrogens with zero attached hydrogens (tertiary/aromatic N) is 2. The van der Waals surface area contributed by atoms with Crippen LogP contribution < -0.4 is 4.74 Å². The van der Waals surface area contributed by atoms with Crippen LogP contribution in [0.25, 0.3) is 21.9 Å². The summed E-state index contributed by atoms with van der Waals surface area (Å²) in [6, 6.07) is 13.5. The van der Waals surface area contributed by atoms with Crippen molar-refractivity contribution in [3.05, 3.63) is 59.1 Å². The summed E-state index contributed by atoms with van der Waals surface area (Å²) in [6.45, 7) is 0. The average Bonchev–Trinajstić information content (AvgIpc) is 2.55. The summed E-state index contributed by atoms with van der Waals surface area (Å²) >= 11 is 6.14. The summed E-state index contributed by atoms with van der Waals surface area (Å²) in [5, 5.41) is 10.8. The van der Waals surface area contributed by atoms with E-state index in [4.69, 9.17) is 16.3 Å². The Kier molecular flexibility index (Phi) is 3.66. The van der Waals surface area contributed by atoms with Crippen LogP contribution in [0.4, 0.5) is 4.39 Å². The van der Waals surface area contributed by atoms with Crippen LogP contribution in [0.5, 0.6) is 5.75 Å². The van der Waals surface area contributed by atoms with Crippen LogP contribution in [-0.4, -0.2) is 12.1 Å². The summed E-state index contributed by atoms with van der Waals surface area (Å²) in [7, 11) is 1.54. The number of halogens is 2. The van der Waals surface area contributed by atoms with Gasteiger partial charge in [-0.2, -0.15) is 5.26 Å². The number of fused-ring (bicyclic) bond motifs is 1. The minimum Gasteiger partial charge on any atom is -0.497 e. The number of pyridine rings is 1. The van der Waals surface area contributed by atoms with Gasteiger partial charge in [0.2, 0.25) is 0 Å². The second-order valence-electron chi connectivity index (χ2n) is 4.63. The second-order valence-corrected chi connectivity index (χ2v) is 4.99. The molecule has 0 bridgehead atoms. The molecule has 0 aliphatic carbocycles. The van der Waals surface area contributed by atoms with Crippen LogP contribution in [0, 0.1) is 17.1 Å². The van der Waals surface area contributed by atoms with Crippen LogP contribution in [0.15, 0.2) is 42.5 Å². The van der Waals surface area contributed by atoms with Crippen molar-refractivity contribution in [2.45, 2.75) is 0 Å². The predicted octanol–water partition coefficient (Wildman–Crippen LogP) is 4.57. The highest BCUT2D eigenvalue weighted by Crippen LogP contribution is 2.37. The molecule has 5 heteroatoms. The van der Waals surface area contributed by atoms with Gasteiger partial charge in [-0.15, -0.1) is 0 Å². The summed E-state index contributed by atoms with van der Waals surface area (Å²) < 4.78 is 19.4. The lowest BCUT2D eigenvalue weighted by Gasteiger charge is -2.12. The third-order valence-electron chi connectivity index (χ3n) is 3.41. The van der Waals surface area contributed by atoms with E-state index >= 15 is 0 Å². The van der Waals surface area contributed by atoms with Crippen molar-refractivity contribution in [2.24, 2.45) is 0 Å². The zero-order valence-electron chi connectivity index (χ0n) is 11.6. The molecule has 3 aromatic rings. The van der Waals surface area contributed by atoms with Gasteiger partial charge >= 0.3 is 0 Å². The number of ether oxygens (including phenoxy) is 1. The molecule has 22 heavy (non-hydrogen) atoms. The van der Waals surface area contributed by atoms with Crippen LogP contribution in [-0.2, 0) is 0 Å². The third-order valence-corrected chi connectivity index (χ3v) is 3.70. The Balaban J connectivity index is 2.48. The minimum absolute atomic E-state index is 0.0795. The number of benzene rings is 2. The van der Waals surface area contributed by atoms with Crippen molar-refractivity contribution in [3.8, 4) is 22.9 Å². The molecule has 0 N–H and O–H groups in total. The molecule has 0 saturated carbocycles. The molecular weight excluding hydrogens is 303 g/mol. The minimum atomic E-state index is -0.424. The molecule has 0 amide bonds. The van der Waals surface area contributed by atoms with Gasteiger partial charge in [0.1, 0.15) is 22.8 Å². The number of nitriles is 1. The van der Waals surface area contributed by atoms with Gasteiger partial charge in [0.15, 0.2) is 5.69 Å². The van der Waals surface area contributed by atoms with E-state index in [1.165, 1.54) is 13.2 Å². The van der Waals surface area contributed by atoms with Crippen LogP contribution in [0.3, 0.4) is 0 Å². The molecule has 0 aliphatic rings. The monoisotopic (exact) mass is 312 g/mol. The fourth-order valence-corrected chi connectivity index (χ4v) is 2.65. The maximum atomic E-state index is 14.2. The Bertz CT molecular complexity index is 918. The van der Waals surface area contributed by atoms with Crippen molar-refractivity contribution in [3.63, 3.8) is 0 Å². The highest BCUT2D eigenvalue weighted by atomic mass is 35.5. The molecule has 0 atom stereocenters. The molecule has 2 aromatic carbocycles. The number of hydrogen-bond acceptors (Lipinski definition) is 3. The number of hydrogen-bond donors (Lipinski definition) is 0. The fraction of sp³-hybridized carbons (Fsp3) is 0.0588. The smallest absolute Gasteiger partial charge is 0.150 e. The molecule has 0 radical (unpaired) electrons. The van der Waals surface area contributed by atoms with Crippen molar-refractivity contribution >= 4 is 22.4 Å². The molecule has 0 aliphatic heterocycles. The molecule has 0 fully saturated rings. The first kappa shape index (κ1) is 14.3. The van der Waals surface area contributed by atoms with E-state index in [9.17, 15) is 9.65 Å². The molecule has 0 spiro atoms. The normalized spacial score (nSPS) is 10.5.